The second kappa shape index (κ2) is 8.39. The molecular formula is C12H19N3O4. The van der Waals surface area contributed by atoms with Crippen molar-refractivity contribution in [1.29, 1.82) is 0 Å². The zero-order valence-electron chi connectivity index (χ0n) is 11.5. The molecule has 106 valence electrons. The Morgan fingerprint density at radius 1 is 1.16 bits per heavy atom. The van der Waals surface area contributed by atoms with Gasteiger partial charge in [-0.3, -0.25) is 4.98 Å². The summed E-state index contributed by atoms with van der Waals surface area (Å²) in [6.45, 7) is 2.38. The van der Waals surface area contributed by atoms with Gasteiger partial charge in [-0.2, -0.15) is 0 Å². The Hall–Kier alpha value is -1.73. The summed E-state index contributed by atoms with van der Waals surface area (Å²) in [7, 11) is 4.57. The smallest absolute Gasteiger partial charge is 0.358 e. The lowest BCUT2D eigenvalue weighted by Gasteiger charge is -2.22. The van der Waals surface area contributed by atoms with Crippen molar-refractivity contribution < 1.29 is 19.0 Å². The molecule has 0 aliphatic carbocycles. The summed E-state index contributed by atoms with van der Waals surface area (Å²) in [5.74, 6) is 0.0878. The molecule has 7 nitrogen and oxygen atoms in total. The number of anilines is 1. The number of hydrogen-bond acceptors (Lipinski definition) is 7. The second-order valence-electron chi connectivity index (χ2n) is 3.73. The minimum absolute atomic E-state index is 0.180. The van der Waals surface area contributed by atoms with E-state index in [1.54, 1.807) is 20.4 Å². The quantitative estimate of drug-likeness (QED) is 0.631. The molecule has 1 aromatic heterocycles. The maximum Gasteiger partial charge on any atom is 0.358 e. The molecule has 0 fully saturated rings. The monoisotopic (exact) mass is 269 g/mol. The van der Waals surface area contributed by atoms with Crippen LogP contribution in [0.1, 0.15) is 10.5 Å². The molecule has 0 radical (unpaired) electrons. The van der Waals surface area contributed by atoms with Crippen molar-refractivity contribution in [3.8, 4) is 0 Å². The summed E-state index contributed by atoms with van der Waals surface area (Å²) in [6.07, 6.45) is 2.97. The highest BCUT2D eigenvalue weighted by atomic mass is 16.5. The van der Waals surface area contributed by atoms with Crippen LogP contribution in [0.4, 0.5) is 5.82 Å². The standard InChI is InChI=1S/C12H19N3O4/c1-17-6-4-15(5-7-18-2)11-9-13-8-10(14-11)12(16)19-3/h8-9H,4-7H2,1-3H3. The van der Waals surface area contributed by atoms with E-state index >= 15 is 0 Å². The van der Waals surface area contributed by atoms with Gasteiger partial charge in [-0.25, -0.2) is 9.78 Å². The average Bonchev–Trinajstić information content (AvgIpc) is 2.46. The largest absolute Gasteiger partial charge is 0.464 e. The van der Waals surface area contributed by atoms with Crippen molar-refractivity contribution in [2.24, 2.45) is 0 Å². The zero-order chi connectivity index (χ0) is 14.1. The van der Waals surface area contributed by atoms with Gasteiger partial charge in [-0.15, -0.1) is 0 Å². The molecule has 0 unspecified atom stereocenters. The van der Waals surface area contributed by atoms with Crippen molar-refractivity contribution in [3.05, 3.63) is 18.1 Å². The number of nitrogens with zero attached hydrogens (tertiary/aromatic N) is 3. The molecule has 1 aromatic rings. The van der Waals surface area contributed by atoms with Crippen molar-refractivity contribution >= 4 is 11.8 Å². The lowest BCUT2D eigenvalue weighted by atomic mass is 10.4. The van der Waals surface area contributed by atoms with Crippen LogP contribution in [0.3, 0.4) is 0 Å². The van der Waals surface area contributed by atoms with E-state index < -0.39 is 5.97 Å². The number of aromatic nitrogens is 2. The van der Waals surface area contributed by atoms with Gasteiger partial charge in [0.2, 0.25) is 0 Å². The van der Waals surface area contributed by atoms with Gasteiger partial charge < -0.3 is 19.1 Å². The van der Waals surface area contributed by atoms with Crippen LogP contribution in [-0.2, 0) is 14.2 Å². The number of methoxy groups -OCH3 is 3. The number of carbonyl (C=O) groups is 1. The third-order valence-corrected chi connectivity index (χ3v) is 2.47. The van der Waals surface area contributed by atoms with Gasteiger partial charge in [-0.1, -0.05) is 0 Å². The predicted octanol–water partition coefficient (Wildman–Crippen LogP) is 0.362. The molecule has 0 atom stereocenters. The van der Waals surface area contributed by atoms with Crippen molar-refractivity contribution in [3.63, 3.8) is 0 Å². The van der Waals surface area contributed by atoms with E-state index in [0.717, 1.165) is 0 Å². The maximum absolute atomic E-state index is 11.4. The van der Waals surface area contributed by atoms with Crippen LogP contribution in [-0.4, -0.2) is 63.6 Å². The number of hydrogen-bond donors (Lipinski definition) is 0. The molecule has 0 saturated heterocycles. The first-order chi connectivity index (χ1) is 9.22. The predicted molar refractivity (Wildman–Crippen MR) is 69.3 cm³/mol. The van der Waals surface area contributed by atoms with Gasteiger partial charge >= 0.3 is 5.97 Å². The summed E-state index contributed by atoms with van der Waals surface area (Å²) in [4.78, 5) is 21.6. The zero-order valence-corrected chi connectivity index (χ0v) is 11.5. The fraction of sp³-hybridized carbons (Fsp3) is 0.583. The van der Waals surface area contributed by atoms with E-state index in [1.165, 1.54) is 13.3 Å². The normalized spacial score (nSPS) is 10.3. The molecule has 0 saturated carbocycles. The van der Waals surface area contributed by atoms with E-state index in [9.17, 15) is 4.79 Å². The van der Waals surface area contributed by atoms with E-state index in [-0.39, 0.29) is 5.69 Å². The third-order valence-electron chi connectivity index (χ3n) is 2.47. The molecule has 19 heavy (non-hydrogen) atoms. The summed E-state index contributed by atoms with van der Waals surface area (Å²) in [6, 6.07) is 0. The van der Waals surface area contributed by atoms with Crippen LogP contribution in [0.25, 0.3) is 0 Å². The summed E-state index contributed by atoms with van der Waals surface area (Å²) >= 11 is 0. The van der Waals surface area contributed by atoms with Gasteiger partial charge in [0.1, 0.15) is 5.82 Å². The average molecular weight is 269 g/mol. The maximum atomic E-state index is 11.4. The summed E-state index contributed by atoms with van der Waals surface area (Å²) in [5.41, 5.74) is 0.180. The highest BCUT2D eigenvalue weighted by Gasteiger charge is 2.13. The fourth-order valence-corrected chi connectivity index (χ4v) is 1.45. The SMILES string of the molecule is COCCN(CCOC)c1cncc(C(=O)OC)n1. The Morgan fingerprint density at radius 3 is 2.32 bits per heavy atom. The Labute approximate surface area is 112 Å². The molecule has 0 aliphatic heterocycles. The van der Waals surface area contributed by atoms with E-state index in [1.807, 2.05) is 4.90 Å². The van der Waals surface area contributed by atoms with Crippen LogP contribution in [0, 0.1) is 0 Å². The first-order valence-corrected chi connectivity index (χ1v) is 5.86. The third kappa shape index (κ3) is 4.80. The van der Waals surface area contributed by atoms with Crippen LogP contribution in [0.5, 0.6) is 0 Å². The lowest BCUT2D eigenvalue weighted by Crippen LogP contribution is -2.31. The van der Waals surface area contributed by atoms with E-state index in [4.69, 9.17) is 9.47 Å². The highest BCUT2D eigenvalue weighted by Crippen LogP contribution is 2.10. The van der Waals surface area contributed by atoms with E-state index in [0.29, 0.717) is 32.1 Å². The molecular weight excluding hydrogens is 250 g/mol. The van der Waals surface area contributed by atoms with Crippen LogP contribution in [0.2, 0.25) is 0 Å². The van der Waals surface area contributed by atoms with Gasteiger partial charge in [0.25, 0.3) is 0 Å². The molecule has 0 amide bonds. The van der Waals surface area contributed by atoms with E-state index in [2.05, 4.69) is 14.7 Å². The lowest BCUT2D eigenvalue weighted by molar-refractivity contribution is 0.0593. The first kappa shape index (κ1) is 15.3. The Morgan fingerprint density at radius 2 is 1.79 bits per heavy atom. The van der Waals surface area contributed by atoms with Crippen LogP contribution >= 0.6 is 0 Å². The molecule has 0 aliphatic rings. The Bertz CT molecular complexity index is 392. The summed E-state index contributed by atoms with van der Waals surface area (Å²) in [5, 5.41) is 0. The number of rotatable bonds is 8. The summed E-state index contributed by atoms with van der Waals surface area (Å²) < 4.78 is 14.7. The van der Waals surface area contributed by atoms with Gasteiger partial charge in [-0.05, 0) is 0 Å². The first-order valence-electron chi connectivity index (χ1n) is 5.86. The molecule has 0 N–H and O–H groups in total. The van der Waals surface area contributed by atoms with Gasteiger partial charge in [0.05, 0.1) is 32.7 Å². The molecule has 0 bridgehead atoms. The molecule has 1 rings (SSSR count). The topological polar surface area (TPSA) is 73.8 Å². The van der Waals surface area contributed by atoms with Crippen LogP contribution < -0.4 is 4.90 Å². The Kier molecular flexibility index (Phi) is 6.76. The molecule has 1 heterocycles. The van der Waals surface area contributed by atoms with Crippen molar-refractivity contribution in [2.45, 2.75) is 0 Å². The minimum atomic E-state index is -0.507. The van der Waals surface area contributed by atoms with Gasteiger partial charge in [0, 0.05) is 27.3 Å². The van der Waals surface area contributed by atoms with Gasteiger partial charge in [0.15, 0.2) is 5.69 Å². The van der Waals surface area contributed by atoms with Crippen molar-refractivity contribution in [1.82, 2.24) is 9.97 Å². The number of ether oxygens (including phenoxy) is 3. The molecule has 7 heteroatoms. The number of carbonyl (C=O) groups excluding carboxylic acids is 1. The molecule has 0 aromatic carbocycles. The van der Waals surface area contributed by atoms with Crippen molar-refractivity contribution in [2.75, 3.05) is 52.5 Å². The highest BCUT2D eigenvalue weighted by molar-refractivity contribution is 5.87. The number of esters is 1. The molecule has 0 spiro atoms. The second-order valence-corrected chi connectivity index (χ2v) is 3.73. The Balaban J connectivity index is 2.84. The minimum Gasteiger partial charge on any atom is -0.464 e. The fourth-order valence-electron chi connectivity index (χ4n) is 1.45. The van der Waals surface area contributed by atoms with Crippen LogP contribution in [0.15, 0.2) is 12.4 Å².